The van der Waals surface area contributed by atoms with E-state index in [2.05, 4.69) is 24.1 Å². The van der Waals surface area contributed by atoms with Crippen molar-refractivity contribution in [2.24, 2.45) is 5.92 Å². The van der Waals surface area contributed by atoms with Crippen molar-refractivity contribution in [1.29, 1.82) is 0 Å². The summed E-state index contributed by atoms with van der Waals surface area (Å²) in [5, 5.41) is 12.0. The van der Waals surface area contributed by atoms with Crippen molar-refractivity contribution in [3.63, 3.8) is 0 Å². The zero-order valence-corrected chi connectivity index (χ0v) is 9.73. The highest BCUT2D eigenvalue weighted by molar-refractivity contribution is 5.94. The van der Waals surface area contributed by atoms with Crippen LogP contribution >= 0.6 is 0 Å². The number of nitrogens with one attached hydrogen (secondary N) is 1. The lowest BCUT2D eigenvalue weighted by Crippen LogP contribution is -2.24. The van der Waals surface area contributed by atoms with Crippen LogP contribution in [0.4, 0.5) is 0 Å². The van der Waals surface area contributed by atoms with Gasteiger partial charge in [-0.2, -0.15) is 0 Å². The Morgan fingerprint density at radius 1 is 1.50 bits per heavy atom. The second-order valence-corrected chi connectivity index (χ2v) is 4.22. The topological polar surface area (TPSA) is 62.2 Å². The Hall–Kier alpha value is -1.58. The fourth-order valence-electron chi connectivity index (χ4n) is 1.37. The van der Waals surface area contributed by atoms with Crippen molar-refractivity contribution < 1.29 is 9.90 Å². The number of hydrogen-bond donors (Lipinski definition) is 2. The van der Waals surface area contributed by atoms with Crippen molar-refractivity contribution >= 4 is 5.91 Å². The van der Waals surface area contributed by atoms with Crippen LogP contribution in [0.15, 0.2) is 18.5 Å². The van der Waals surface area contributed by atoms with Gasteiger partial charge in [-0.1, -0.05) is 13.8 Å². The first-order valence-electron chi connectivity index (χ1n) is 5.52. The van der Waals surface area contributed by atoms with E-state index < -0.39 is 0 Å². The lowest BCUT2D eigenvalue weighted by Gasteiger charge is -2.06. The molecule has 4 heteroatoms. The Kier molecular flexibility index (Phi) is 4.76. The summed E-state index contributed by atoms with van der Waals surface area (Å²) in [5.74, 6) is 0.473. The molecule has 0 aliphatic carbocycles. The summed E-state index contributed by atoms with van der Waals surface area (Å²) in [5.41, 5.74) is 0.393. The SMILES string of the molecule is CC(C)CCCNC(=O)c1cncc(O)c1. The molecular weight excluding hydrogens is 204 g/mol. The van der Waals surface area contributed by atoms with Crippen LogP contribution in [0.3, 0.4) is 0 Å². The molecule has 2 N–H and O–H groups in total. The zero-order chi connectivity index (χ0) is 12.0. The first-order chi connectivity index (χ1) is 7.59. The summed E-state index contributed by atoms with van der Waals surface area (Å²) in [7, 11) is 0. The zero-order valence-electron chi connectivity index (χ0n) is 9.73. The molecule has 1 amide bonds. The monoisotopic (exact) mass is 222 g/mol. The molecule has 0 aromatic carbocycles. The van der Waals surface area contributed by atoms with Crippen LogP contribution in [-0.2, 0) is 0 Å². The molecule has 1 aromatic rings. The molecule has 1 rings (SSSR count). The minimum atomic E-state index is -0.188. The van der Waals surface area contributed by atoms with Gasteiger partial charge in [0.1, 0.15) is 5.75 Å². The maximum atomic E-state index is 11.6. The van der Waals surface area contributed by atoms with E-state index in [9.17, 15) is 4.79 Å². The van der Waals surface area contributed by atoms with E-state index in [1.54, 1.807) is 0 Å². The van der Waals surface area contributed by atoms with E-state index in [1.807, 2.05) is 0 Å². The fraction of sp³-hybridized carbons (Fsp3) is 0.500. The summed E-state index contributed by atoms with van der Waals surface area (Å²) in [6, 6.07) is 1.41. The van der Waals surface area contributed by atoms with E-state index in [0.717, 1.165) is 12.8 Å². The molecule has 0 spiro atoms. The number of pyridine rings is 1. The van der Waals surface area contributed by atoms with Gasteiger partial charge < -0.3 is 10.4 Å². The van der Waals surface area contributed by atoms with Crippen molar-refractivity contribution in [1.82, 2.24) is 10.3 Å². The molecule has 0 aliphatic heterocycles. The Morgan fingerprint density at radius 3 is 2.88 bits per heavy atom. The highest BCUT2D eigenvalue weighted by Crippen LogP contribution is 2.08. The largest absolute Gasteiger partial charge is 0.506 e. The molecule has 0 fully saturated rings. The van der Waals surface area contributed by atoms with Crippen LogP contribution in [-0.4, -0.2) is 22.5 Å². The quantitative estimate of drug-likeness (QED) is 0.748. The van der Waals surface area contributed by atoms with E-state index in [0.29, 0.717) is 18.0 Å². The van der Waals surface area contributed by atoms with Gasteiger partial charge in [-0.25, -0.2) is 0 Å². The van der Waals surface area contributed by atoms with Crippen LogP contribution < -0.4 is 5.32 Å². The first kappa shape index (κ1) is 12.5. The van der Waals surface area contributed by atoms with E-state index in [4.69, 9.17) is 5.11 Å². The summed E-state index contributed by atoms with van der Waals surface area (Å²) in [6.45, 7) is 4.97. The average Bonchev–Trinajstić information content (AvgIpc) is 2.24. The van der Waals surface area contributed by atoms with Gasteiger partial charge in [0, 0.05) is 12.7 Å². The van der Waals surface area contributed by atoms with E-state index in [-0.39, 0.29) is 11.7 Å². The fourth-order valence-corrected chi connectivity index (χ4v) is 1.37. The standard InChI is InChI=1S/C12H18N2O2/c1-9(2)4-3-5-14-12(16)10-6-11(15)8-13-7-10/h6-9,15H,3-5H2,1-2H3,(H,14,16). The number of carbonyl (C=O) groups is 1. The van der Waals surface area contributed by atoms with E-state index >= 15 is 0 Å². The van der Waals surface area contributed by atoms with Crippen LogP contribution in [0.1, 0.15) is 37.0 Å². The molecule has 0 bridgehead atoms. The molecule has 0 saturated carbocycles. The van der Waals surface area contributed by atoms with Gasteiger partial charge in [0.15, 0.2) is 0 Å². The predicted molar refractivity (Wildman–Crippen MR) is 62.3 cm³/mol. The molecule has 0 atom stereocenters. The van der Waals surface area contributed by atoms with Crippen LogP contribution in [0.5, 0.6) is 5.75 Å². The van der Waals surface area contributed by atoms with Crippen LogP contribution in [0.25, 0.3) is 0 Å². The Bertz CT molecular complexity index is 351. The lowest BCUT2D eigenvalue weighted by molar-refractivity contribution is 0.0951. The maximum absolute atomic E-state index is 11.6. The Balaban J connectivity index is 2.35. The van der Waals surface area contributed by atoms with Crippen molar-refractivity contribution in [2.75, 3.05) is 6.54 Å². The van der Waals surface area contributed by atoms with Gasteiger partial charge in [0.2, 0.25) is 0 Å². The predicted octanol–water partition coefficient (Wildman–Crippen LogP) is 1.95. The molecule has 1 aromatic heterocycles. The highest BCUT2D eigenvalue weighted by atomic mass is 16.3. The smallest absolute Gasteiger partial charge is 0.252 e. The Labute approximate surface area is 95.7 Å². The van der Waals surface area contributed by atoms with Gasteiger partial charge in [-0.15, -0.1) is 0 Å². The lowest BCUT2D eigenvalue weighted by atomic mass is 10.1. The minimum absolute atomic E-state index is 0.00910. The molecule has 16 heavy (non-hydrogen) atoms. The van der Waals surface area contributed by atoms with Gasteiger partial charge in [-0.3, -0.25) is 9.78 Å². The number of carbonyl (C=O) groups excluding carboxylic acids is 1. The molecule has 0 aliphatic rings. The number of amides is 1. The van der Waals surface area contributed by atoms with Gasteiger partial charge in [-0.05, 0) is 24.8 Å². The normalized spacial score (nSPS) is 10.4. The number of hydrogen-bond acceptors (Lipinski definition) is 3. The highest BCUT2D eigenvalue weighted by Gasteiger charge is 2.05. The van der Waals surface area contributed by atoms with Gasteiger partial charge >= 0.3 is 0 Å². The number of aromatic nitrogens is 1. The molecule has 88 valence electrons. The third-order valence-electron chi connectivity index (χ3n) is 2.23. The summed E-state index contributed by atoms with van der Waals surface area (Å²) < 4.78 is 0. The van der Waals surface area contributed by atoms with Gasteiger partial charge in [0.05, 0.1) is 11.8 Å². The Morgan fingerprint density at radius 2 is 2.25 bits per heavy atom. The van der Waals surface area contributed by atoms with Crippen molar-refractivity contribution in [3.8, 4) is 5.75 Å². The molecule has 4 nitrogen and oxygen atoms in total. The summed E-state index contributed by atoms with van der Waals surface area (Å²) >= 11 is 0. The van der Waals surface area contributed by atoms with Crippen molar-refractivity contribution in [3.05, 3.63) is 24.0 Å². The van der Waals surface area contributed by atoms with Crippen LogP contribution in [0, 0.1) is 5.92 Å². The minimum Gasteiger partial charge on any atom is -0.506 e. The van der Waals surface area contributed by atoms with Crippen LogP contribution in [0.2, 0.25) is 0 Å². The summed E-state index contributed by atoms with van der Waals surface area (Å²) in [4.78, 5) is 15.3. The number of nitrogens with zero attached hydrogens (tertiary/aromatic N) is 1. The maximum Gasteiger partial charge on any atom is 0.252 e. The molecule has 0 unspecified atom stereocenters. The van der Waals surface area contributed by atoms with Crippen molar-refractivity contribution in [2.45, 2.75) is 26.7 Å². The molecular formula is C12H18N2O2. The molecule has 0 saturated heterocycles. The second-order valence-electron chi connectivity index (χ2n) is 4.22. The molecule has 1 heterocycles. The third kappa shape index (κ3) is 4.29. The summed E-state index contributed by atoms with van der Waals surface area (Å²) in [6.07, 6.45) is 4.81. The first-order valence-corrected chi connectivity index (χ1v) is 5.52. The third-order valence-corrected chi connectivity index (χ3v) is 2.23. The average molecular weight is 222 g/mol. The molecule has 0 radical (unpaired) electrons. The number of rotatable bonds is 5. The van der Waals surface area contributed by atoms with Gasteiger partial charge in [0.25, 0.3) is 5.91 Å². The van der Waals surface area contributed by atoms with E-state index in [1.165, 1.54) is 18.5 Å². The second kappa shape index (κ2) is 6.10. The number of aromatic hydroxyl groups is 1.